The lowest BCUT2D eigenvalue weighted by Crippen LogP contribution is -2.40. The highest BCUT2D eigenvalue weighted by Gasteiger charge is 2.21. The molecule has 6 heteroatoms. The first kappa shape index (κ1) is 14.9. The summed E-state index contributed by atoms with van der Waals surface area (Å²) < 4.78 is 26.3. The van der Waals surface area contributed by atoms with E-state index in [1.807, 2.05) is 13.8 Å². The van der Waals surface area contributed by atoms with Crippen LogP contribution in [-0.2, 0) is 4.79 Å². The zero-order valence-corrected chi connectivity index (χ0v) is 10.9. The SMILES string of the molecule is CCC(C)[C@H](N)C(=O)Nc1c(F)cc(F)cc1Cl. The van der Waals surface area contributed by atoms with E-state index in [0.717, 1.165) is 6.07 Å². The lowest BCUT2D eigenvalue weighted by atomic mass is 9.99. The van der Waals surface area contributed by atoms with E-state index in [4.69, 9.17) is 17.3 Å². The zero-order chi connectivity index (χ0) is 13.9. The predicted octanol–water partition coefficient (Wildman–Crippen LogP) is 2.93. The van der Waals surface area contributed by atoms with Gasteiger partial charge in [-0.1, -0.05) is 31.9 Å². The summed E-state index contributed by atoms with van der Waals surface area (Å²) in [4.78, 5) is 11.7. The van der Waals surface area contributed by atoms with Crippen molar-refractivity contribution in [2.75, 3.05) is 5.32 Å². The van der Waals surface area contributed by atoms with Gasteiger partial charge in [0.1, 0.15) is 5.82 Å². The molecule has 0 heterocycles. The molecule has 3 N–H and O–H groups in total. The van der Waals surface area contributed by atoms with Gasteiger partial charge in [-0.25, -0.2) is 8.78 Å². The monoisotopic (exact) mass is 276 g/mol. The first-order valence-corrected chi connectivity index (χ1v) is 5.95. The molecule has 2 atom stereocenters. The summed E-state index contributed by atoms with van der Waals surface area (Å²) >= 11 is 5.66. The van der Waals surface area contributed by atoms with Crippen molar-refractivity contribution >= 4 is 23.2 Å². The molecule has 0 saturated carbocycles. The number of rotatable bonds is 4. The molecule has 0 spiro atoms. The van der Waals surface area contributed by atoms with Gasteiger partial charge in [-0.15, -0.1) is 0 Å². The van der Waals surface area contributed by atoms with Crippen LogP contribution in [0.2, 0.25) is 5.02 Å². The summed E-state index contributed by atoms with van der Waals surface area (Å²) in [6, 6.07) is 0.807. The van der Waals surface area contributed by atoms with Crippen LogP contribution in [-0.4, -0.2) is 11.9 Å². The van der Waals surface area contributed by atoms with Gasteiger partial charge in [0.15, 0.2) is 5.82 Å². The molecular weight excluding hydrogens is 262 g/mol. The second-order valence-corrected chi connectivity index (χ2v) is 4.55. The molecule has 1 aromatic carbocycles. The lowest BCUT2D eigenvalue weighted by molar-refractivity contribution is -0.118. The minimum atomic E-state index is -0.926. The molecule has 0 aromatic heterocycles. The Morgan fingerprint density at radius 1 is 1.50 bits per heavy atom. The average molecular weight is 277 g/mol. The molecule has 0 aliphatic carbocycles. The molecule has 100 valence electrons. The van der Waals surface area contributed by atoms with Gasteiger partial charge < -0.3 is 11.1 Å². The van der Waals surface area contributed by atoms with Crippen molar-refractivity contribution < 1.29 is 13.6 Å². The number of nitrogens with two attached hydrogens (primary N) is 1. The molecule has 0 radical (unpaired) electrons. The summed E-state index contributed by atoms with van der Waals surface area (Å²) in [5.74, 6) is -2.32. The Hall–Kier alpha value is -1.20. The second-order valence-electron chi connectivity index (χ2n) is 4.15. The minimum absolute atomic E-state index is 0.0488. The number of amides is 1. The van der Waals surface area contributed by atoms with Crippen molar-refractivity contribution in [3.8, 4) is 0 Å². The average Bonchev–Trinajstić information content (AvgIpc) is 2.31. The molecule has 1 amide bonds. The number of hydrogen-bond donors (Lipinski definition) is 2. The summed E-state index contributed by atoms with van der Waals surface area (Å²) in [6.07, 6.45) is 0.716. The largest absolute Gasteiger partial charge is 0.321 e. The van der Waals surface area contributed by atoms with Crippen LogP contribution in [0.1, 0.15) is 20.3 Å². The molecule has 3 nitrogen and oxygen atoms in total. The Morgan fingerprint density at radius 3 is 2.61 bits per heavy atom. The topological polar surface area (TPSA) is 55.1 Å². The van der Waals surface area contributed by atoms with Crippen LogP contribution < -0.4 is 11.1 Å². The maximum absolute atomic E-state index is 13.4. The first-order valence-electron chi connectivity index (χ1n) is 5.57. The van der Waals surface area contributed by atoms with Gasteiger partial charge in [0, 0.05) is 6.07 Å². The van der Waals surface area contributed by atoms with Crippen molar-refractivity contribution in [3.63, 3.8) is 0 Å². The standard InChI is InChI=1S/C12H15ClF2N2O/c1-3-6(2)10(16)12(18)17-11-8(13)4-7(14)5-9(11)15/h4-6,10H,3,16H2,1-2H3,(H,17,18)/t6?,10-/m0/s1. The van der Waals surface area contributed by atoms with E-state index in [1.54, 1.807) is 0 Å². The van der Waals surface area contributed by atoms with Crippen molar-refractivity contribution in [3.05, 3.63) is 28.8 Å². The molecule has 0 aliphatic rings. The zero-order valence-electron chi connectivity index (χ0n) is 10.1. The van der Waals surface area contributed by atoms with Crippen LogP contribution in [0.5, 0.6) is 0 Å². The van der Waals surface area contributed by atoms with E-state index < -0.39 is 23.6 Å². The van der Waals surface area contributed by atoms with E-state index in [2.05, 4.69) is 5.32 Å². The molecule has 1 aromatic rings. The van der Waals surface area contributed by atoms with E-state index in [1.165, 1.54) is 0 Å². The first-order chi connectivity index (χ1) is 8.36. The molecule has 1 unspecified atom stereocenters. The Kier molecular flexibility index (Phi) is 5.04. The van der Waals surface area contributed by atoms with Gasteiger partial charge in [-0.2, -0.15) is 0 Å². The number of carbonyl (C=O) groups excluding carboxylic acids is 1. The van der Waals surface area contributed by atoms with E-state index in [-0.39, 0.29) is 16.6 Å². The minimum Gasteiger partial charge on any atom is -0.321 e. The third-order valence-corrected chi connectivity index (χ3v) is 3.11. The van der Waals surface area contributed by atoms with Gasteiger partial charge >= 0.3 is 0 Å². The fourth-order valence-corrected chi connectivity index (χ4v) is 1.62. The molecule has 18 heavy (non-hydrogen) atoms. The highest BCUT2D eigenvalue weighted by atomic mass is 35.5. The summed E-state index contributed by atoms with van der Waals surface area (Å²) in [5.41, 5.74) is 5.45. The quantitative estimate of drug-likeness (QED) is 0.888. The number of nitrogens with one attached hydrogen (secondary N) is 1. The Morgan fingerprint density at radius 2 is 2.11 bits per heavy atom. The van der Waals surface area contributed by atoms with Crippen molar-refractivity contribution in [1.29, 1.82) is 0 Å². The fraction of sp³-hybridized carbons (Fsp3) is 0.417. The van der Waals surface area contributed by atoms with E-state index in [0.29, 0.717) is 12.5 Å². The molecule has 0 bridgehead atoms. The number of carbonyl (C=O) groups is 1. The van der Waals surface area contributed by atoms with Gasteiger partial charge in [0.2, 0.25) is 5.91 Å². The predicted molar refractivity (Wildman–Crippen MR) is 67.4 cm³/mol. The Labute approximate surface area is 109 Å². The maximum atomic E-state index is 13.4. The molecule has 0 fully saturated rings. The van der Waals surface area contributed by atoms with Gasteiger partial charge in [0.05, 0.1) is 16.8 Å². The molecule has 1 rings (SSSR count). The van der Waals surface area contributed by atoms with Gasteiger partial charge in [-0.05, 0) is 12.0 Å². The molecular formula is C12H15ClF2N2O. The number of anilines is 1. The van der Waals surface area contributed by atoms with Crippen molar-refractivity contribution in [1.82, 2.24) is 0 Å². The van der Waals surface area contributed by atoms with Crippen LogP contribution in [0.4, 0.5) is 14.5 Å². The van der Waals surface area contributed by atoms with E-state index in [9.17, 15) is 13.6 Å². The van der Waals surface area contributed by atoms with Crippen LogP contribution in [0.3, 0.4) is 0 Å². The van der Waals surface area contributed by atoms with Crippen LogP contribution in [0.25, 0.3) is 0 Å². The number of halogens is 3. The number of hydrogen-bond acceptors (Lipinski definition) is 2. The molecule has 0 aliphatic heterocycles. The summed E-state index contributed by atoms with van der Waals surface area (Å²) in [6.45, 7) is 3.70. The number of benzene rings is 1. The van der Waals surface area contributed by atoms with Gasteiger partial charge in [0.25, 0.3) is 0 Å². The maximum Gasteiger partial charge on any atom is 0.241 e. The Balaban J connectivity index is 2.89. The third-order valence-electron chi connectivity index (χ3n) is 2.81. The van der Waals surface area contributed by atoms with Crippen molar-refractivity contribution in [2.45, 2.75) is 26.3 Å². The third kappa shape index (κ3) is 3.40. The summed E-state index contributed by atoms with van der Waals surface area (Å²) in [7, 11) is 0. The normalized spacial score (nSPS) is 14.1. The smallest absolute Gasteiger partial charge is 0.241 e. The second kappa shape index (κ2) is 6.11. The van der Waals surface area contributed by atoms with Crippen LogP contribution in [0.15, 0.2) is 12.1 Å². The van der Waals surface area contributed by atoms with Crippen LogP contribution >= 0.6 is 11.6 Å². The highest BCUT2D eigenvalue weighted by Crippen LogP contribution is 2.26. The Bertz CT molecular complexity index is 431. The highest BCUT2D eigenvalue weighted by molar-refractivity contribution is 6.33. The van der Waals surface area contributed by atoms with Crippen LogP contribution in [0, 0.1) is 17.6 Å². The lowest BCUT2D eigenvalue weighted by Gasteiger charge is -2.18. The van der Waals surface area contributed by atoms with Gasteiger partial charge in [-0.3, -0.25) is 4.79 Å². The fourth-order valence-electron chi connectivity index (χ4n) is 1.38. The van der Waals surface area contributed by atoms with E-state index >= 15 is 0 Å². The summed E-state index contributed by atoms with van der Waals surface area (Å²) in [5, 5.41) is 2.09. The molecule has 0 saturated heterocycles. The van der Waals surface area contributed by atoms with Crippen molar-refractivity contribution in [2.24, 2.45) is 11.7 Å².